The van der Waals surface area contributed by atoms with Crippen molar-refractivity contribution in [2.45, 2.75) is 72.1 Å². The summed E-state index contributed by atoms with van der Waals surface area (Å²) in [5.74, 6) is 0.206. The van der Waals surface area contributed by atoms with Crippen molar-refractivity contribution in [1.82, 2.24) is 6.15 Å². The van der Waals surface area contributed by atoms with Crippen molar-refractivity contribution in [1.29, 1.82) is 0 Å². The fraction of sp³-hybridized carbons (Fsp3) is 0.684. The molecule has 0 aliphatic carbocycles. The summed E-state index contributed by atoms with van der Waals surface area (Å²) in [4.78, 5) is 0. The number of benzene rings is 1. The topological polar surface area (TPSA) is 117 Å². The molecule has 0 radical (unpaired) electrons. The van der Waals surface area contributed by atoms with Gasteiger partial charge in [-0.15, -0.1) is 0 Å². The second-order valence-electron chi connectivity index (χ2n) is 5.83. The normalized spacial score (nSPS) is 10.5. The molecule has 0 spiro atoms. The number of hydrogen-bond acceptors (Lipinski definition) is 7. The first kappa shape index (κ1) is 28.0. The lowest BCUT2D eigenvalue weighted by Crippen LogP contribution is -2.12. The van der Waals surface area contributed by atoms with E-state index >= 15 is 0 Å². The second-order valence-corrected chi connectivity index (χ2v) is 6.96. The van der Waals surface area contributed by atoms with E-state index < -0.39 is 10.4 Å². The van der Waals surface area contributed by atoms with Crippen LogP contribution in [-0.4, -0.2) is 26.9 Å². The van der Waals surface area contributed by atoms with Crippen LogP contribution < -0.4 is 10.3 Å². The Hall–Kier alpha value is -1.19. The summed E-state index contributed by atoms with van der Waals surface area (Å²) in [5, 5.41) is 8.25. The number of para-hydroxylation sites is 1. The van der Waals surface area contributed by atoms with Crippen LogP contribution in [0.25, 0.3) is 0 Å². The fourth-order valence-electron chi connectivity index (χ4n) is 2.39. The summed E-state index contributed by atoms with van der Waals surface area (Å²) in [5.41, 5.74) is 0.798. The van der Waals surface area contributed by atoms with E-state index in [0.717, 1.165) is 38.0 Å². The molecule has 1 aromatic rings. The van der Waals surface area contributed by atoms with Gasteiger partial charge in [0.25, 0.3) is 0 Å². The van der Waals surface area contributed by atoms with Gasteiger partial charge in [-0.05, 0) is 38.3 Å². The van der Waals surface area contributed by atoms with Gasteiger partial charge in [0.2, 0.25) is 0 Å². The molecule has 0 aliphatic rings. The van der Waals surface area contributed by atoms with Crippen molar-refractivity contribution in [2.75, 3.05) is 13.2 Å². The molecule has 0 saturated carbocycles. The van der Waals surface area contributed by atoms with Crippen molar-refractivity contribution in [3.05, 3.63) is 29.8 Å². The number of hydrogen-bond donors (Lipinski definition) is 2. The summed E-state index contributed by atoms with van der Waals surface area (Å²) in [7, 11) is -4.39. The Morgan fingerprint density at radius 2 is 1.44 bits per heavy atom. The summed E-state index contributed by atoms with van der Waals surface area (Å²) in [6, 6.07) is 6.87. The number of ether oxygens (including phenoxy) is 1. The molecule has 27 heavy (non-hydrogen) atoms. The smallest absolute Gasteiger partial charge is 0.382 e. The zero-order chi connectivity index (χ0) is 19.7. The molecule has 0 aliphatic heterocycles. The van der Waals surface area contributed by atoms with Crippen LogP contribution in [0.3, 0.4) is 0 Å². The van der Waals surface area contributed by atoms with Gasteiger partial charge in [0.05, 0.1) is 0 Å². The van der Waals surface area contributed by atoms with Gasteiger partial charge in [-0.2, -0.15) is 8.42 Å². The Bertz CT molecular complexity index is 549. The molecule has 1 rings (SSSR count). The van der Waals surface area contributed by atoms with E-state index in [-0.39, 0.29) is 11.9 Å². The summed E-state index contributed by atoms with van der Waals surface area (Å²) >= 11 is 0. The fourth-order valence-corrected chi connectivity index (χ4v) is 2.81. The molecule has 0 aromatic heterocycles. The van der Waals surface area contributed by atoms with Gasteiger partial charge in [-0.1, -0.05) is 68.0 Å². The van der Waals surface area contributed by atoms with Crippen LogP contribution in [0.4, 0.5) is 0 Å². The third-order valence-corrected chi connectivity index (χ3v) is 4.28. The monoisotopic (exact) mass is 407 g/mol. The molecular weight excluding hydrogens is 370 g/mol. The number of aryl methyl sites for hydroxylation is 1. The van der Waals surface area contributed by atoms with E-state index in [2.05, 4.69) is 11.3 Å². The Labute approximate surface area is 164 Å². The van der Waals surface area contributed by atoms with Crippen LogP contribution in [-0.2, 0) is 25.9 Å². The number of rotatable bonds is 13. The molecule has 0 unspecified atom stereocenters. The van der Waals surface area contributed by atoms with Crippen LogP contribution in [0.15, 0.2) is 24.3 Å². The van der Waals surface area contributed by atoms with Gasteiger partial charge in [-0.25, -0.2) is 5.26 Å². The average Bonchev–Trinajstić information content (AvgIpc) is 2.63. The molecule has 7 nitrogen and oxygen atoms in total. The van der Waals surface area contributed by atoms with Crippen molar-refractivity contribution in [3.8, 4) is 5.75 Å². The van der Waals surface area contributed by atoms with Crippen molar-refractivity contribution < 1.29 is 26.9 Å². The largest absolute Gasteiger partial charge is 0.476 e. The minimum absolute atomic E-state index is 0. The van der Waals surface area contributed by atoms with Crippen molar-refractivity contribution in [2.24, 2.45) is 0 Å². The lowest BCUT2D eigenvalue weighted by Gasteiger charge is -2.09. The van der Waals surface area contributed by atoms with Crippen LogP contribution in [0.2, 0.25) is 0 Å². The predicted molar refractivity (Wildman–Crippen MR) is 109 cm³/mol. The molecule has 160 valence electrons. The predicted octanol–water partition coefficient (Wildman–Crippen LogP) is 5.30. The third-order valence-electron chi connectivity index (χ3n) is 3.71. The molecule has 0 heterocycles. The maximum Gasteiger partial charge on any atom is 0.476 e. The highest BCUT2D eigenvalue weighted by molar-refractivity contribution is 7.82. The van der Waals surface area contributed by atoms with Gasteiger partial charge < -0.3 is 15.1 Å². The minimum Gasteiger partial charge on any atom is -0.382 e. The van der Waals surface area contributed by atoms with Gasteiger partial charge in [-0.3, -0.25) is 0 Å². The van der Waals surface area contributed by atoms with E-state index in [1.165, 1.54) is 32.1 Å². The minimum atomic E-state index is -4.39. The van der Waals surface area contributed by atoms with Gasteiger partial charge >= 0.3 is 10.4 Å². The standard InChI is InChI=1S/C15H24O5S.C4H10O.H3N/c1-2-3-4-5-6-7-8-11-14-12-9-10-13-15(14)19-21(17,18)20-16;1-3-5-4-2;/h9-10,12-13,16H,2-8,11H2,1H3;3-4H2,1-2H3;1H3. The molecule has 0 fully saturated rings. The molecule has 0 saturated heterocycles. The Morgan fingerprint density at radius 3 is 1.96 bits per heavy atom. The average molecular weight is 408 g/mol. The van der Waals surface area contributed by atoms with E-state index in [4.69, 9.17) is 14.2 Å². The molecule has 0 bridgehead atoms. The molecule has 0 atom stereocenters. The quantitative estimate of drug-likeness (QED) is 0.259. The highest BCUT2D eigenvalue weighted by Gasteiger charge is 2.15. The maximum absolute atomic E-state index is 11.1. The lowest BCUT2D eigenvalue weighted by atomic mass is 10.0. The maximum atomic E-state index is 11.1. The first-order valence-electron chi connectivity index (χ1n) is 9.43. The molecule has 8 heteroatoms. The second kappa shape index (κ2) is 18.2. The molecule has 0 amide bonds. The zero-order valence-corrected chi connectivity index (χ0v) is 17.8. The van der Waals surface area contributed by atoms with Crippen molar-refractivity contribution in [3.63, 3.8) is 0 Å². The van der Waals surface area contributed by atoms with Crippen molar-refractivity contribution >= 4 is 10.4 Å². The van der Waals surface area contributed by atoms with E-state index in [1.54, 1.807) is 12.1 Å². The van der Waals surface area contributed by atoms with Gasteiger partial charge in [0.1, 0.15) is 5.75 Å². The zero-order valence-electron chi connectivity index (χ0n) is 17.0. The Kier molecular flexibility index (Phi) is 18.9. The molecule has 1 aromatic carbocycles. The first-order valence-corrected chi connectivity index (χ1v) is 10.8. The Morgan fingerprint density at radius 1 is 0.889 bits per heavy atom. The lowest BCUT2D eigenvalue weighted by molar-refractivity contribution is -0.138. The SMILES string of the molecule is CCCCCCCCCc1ccccc1OS(=O)(=O)OO.CCOCC.N. The summed E-state index contributed by atoms with van der Waals surface area (Å²) < 4.78 is 35.1. The summed E-state index contributed by atoms with van der Waals surface area (Å²) in [6.07, 6.45) is 9.09. The Balaban J connectivity index is 0. The van der Waals surface area contributed by atoms with E-state index in [0.29, 0.717) is 0 Å². The highest BCUT2D eigenvalue weighted by atomic mass is 32.3. The summed E-state index contributed by atoms with van der Waals surface area (Å²) in [6.45, 7) is 7.86. The van der Waals surface area contributed by atoms with E-state index in [1.807, 2.05) is 26.0 Å². The highest BCUT2D eigenvalue weighted by Crippen LogP contribution is 2.22. The van der Waals surface area contributed by atoms with E-state index in [9.17, 15) is 8.42 Å². The first-order chi connectivity index (χ1) is 12.5. The van der Waals surface area contributed by atoms with Gasteiger partial charge in [0.15, 0.2) is 0 Å². The van der Waals surface area contributed by atoms with Gasteiger partial charge in [0, 0.05) is 13.2 Å². The van der Waals surface area contributed by atoms with Crippen LogP contribution in [0, 0.1) is 0 Å². The van der Waals surface area contributed by atoms with Crippen LogP contribution >= 0.6 is 0 Å². The third kappa shape index (κ3) is 15.6. The molecule has 4 N–H and O–H groups in total. The molecular formula is C19H37NO6S. The van der Waals surface area contributed by atoms with Crippen LogP contribution in [0.5, 0.6) is 5.75 Å². The number of unbranched alkanes of at least 4 members (excludes halogenated alkanes) is 6. The van der Waals surface area contributed by atoms with Crippen LogP contribution in [0.1, 0.15) is 71.3 Å².